The normalized spacial score (nSPS) is 13.3. The minimum Gasteiger partial charge on any atom is -0.477 e. The highest BCUT2D eigenvalue weighted by Gasteiger charge is 2.25. The molecule has 9 nitrogen and oxygen atoms in total. The second-order valence-electron chi connectivity index (χ2n) is 22.0. The Balaban J connectivity index is 4.01. The van der Waals surface area contributed by atoms with E-state index in [1.165, 1.54) is 154 Å². The predicted octanol–water partition coefficient (Wildman–Crippen LogP) is 18.7. The molecule has 0 fully saturated rings. The van der Waals surface area contributed by atoms with Crippen molar-refractivity contribution >= 4 is 17.9 Å². The fourth-order valence-corrected chi connectivity index (χ4v) is 8.64. The van der Waals surface area contributed by atoms with Crippen LogP contribution in [0.1, 0.15) is 264 Å². The largest absolute Gasteiger partial charge is 0.477 e. The molecule has 1 N–H and O–H groups in total. The fourth-order valence-electron chi connectivity index (χ4n) is 8.64. The Morgan fingerprint density at radius 1 is 0.408 bits per heavy atom. The summed E-state index contributed by atoms with van der Waals surface area (Å²) < 4.78 is 22.9. The van der Waals surface area contributed by atoms with Crippen LogP contribution in [0, 0.1) is 0 Å². The van der Waals surface area contributed by atoms with Gasteiger partial charge >= 0.3 is 17.9 Å². The first-order chi connectivity index (χ1) is 37.1. The number of carboxylic acids is 1. The third-order valence-corrected chi connectivity index (χ3v) is 13.4. The molecule has 0 aromatic rings. The molecule has 0 aromatic carbocycles. The van der Waals surface area contributed by atoms with Crippen molar-refractivity contribution in [3.63, 3.8) is 0 Å². The molecule has 0 saturated heterocycles. The first kappa shape index (κ1) is 72.5. The van der Waals surface area contributed by atoms with Crippen LogP contribution in [0.2, 0.25) is 0 Å². The summed E-state index contributed by atoms with van der Waals surface area (Å²) >= 11 is 0. The number of aliphatic carboxylic acids is 1. The van der Waals surface area contributed by atoms with E-state index in [1.807, 2.05) is 21.1 Å². The molecule has 0 aliphatic rings. The van der Waals surface area contributed by atoms with Crippen LogP contribution < -0.4 is 0 Å². The standard InChI is InChI=1S/C67H117NO8/c1-6-8-10-12-14-16-18-20-21-22-23-24-25-26-27-28-29-30-31-32-33-34-35-36-37-38-39-40-41-42-43-44-45-46-48-50-52-54-56-58-65(70)76-63(62-75-67(66(71)72)73-60-59-68(3,4)5)61-74-64(69)57-55-53-51-49-47-19-17-15-13-11-9-7-2/h8,10,14,16,20-21,23-24,26-27,29-30,32-33,63,67H,6-7,9,11-13,15,17-19,22,25,28,31,34-62H2,1-5H3/p+1/b10-8-,16-14-,21-20-,24-23-,27-26-,30-29-,33-32-. The minimum absolute atomic E-state index is 0.180. The fraction of sp³-hybridized carbons (Fsp3) is 0.746. The van der Waals surface area contributed by atoms with Gasteiger partial charge in [0, 0.05) is 12.8 Å². The van der Waals surface area contributed by atoms with Gasteiger partial charge in [0.15, 0.2) is 6.10 Å². The van der Waals surface area contributed by atoms with E-state index in [1.54, 1.807) is 0 Å². The number of ether oxygens (including phenoxy) is 4. The molecule has 0 spiro atoms. The van der Waals surface area contributed by atoms with Gasteiger partial charge in [-0.15, -0.1) is 0 Å². The van der Waals surface area contributed by atoms with E-state index < -0.39 is 24.3 Å². The minimum atomic E-state index is -1.51. The molecule has 0 heterocycles. The van der Waals surface area contributed by atoms with Crippen LogP contribution >= 0.6 is 0 Å². The van der Waals surface area contributed by atoms with Crippen LogP contribution in [0.3, 0.4) is 0 Å². The van der Waals surface area contributed by atoms with E-state index in [2.05, 4.69) is 98.9 Å². The number of esters is 2. The van der Waals surface area contributed by atoms with E-state index in [0.29, 0.717) is 17.4 Å². The maximum absolute atomic E-state index is 12.9. The third kappa shape index (κ3) is 58.2. The van der Waals surface area contributed by atoms with E-state index in [-0.39, 0.29) is 32.2 Å². The number of nitrogens with zero attached hydrogens (tertiary/aromatic N) is 1. The molecular weight excluding hydrogens is 947 g/mol. The van der Waals surface area contributed by atoms with E-state index >= 15 is 0 Å². The Kier molecular flexibility index (Phi) is 55.0. The molecule has 0 bridgehead atoms. The highest BCUT2D eigenvalue weighted by atomic mass is 16.7. The van der Waals surface area contributed by atoms with Crippen LogP contribution in [0.5, 0.6) is 0 Å². The number of carbonyl (C=O) groups excluding carboxylic acids is 2. The Morgan fingerprint density at radius 3 is 1.12 bits per heavy atom. The van der Waals surface area contributed by atoms with Crippen molar-refractivity contribution in [2.45, 2.75) is 277 Å². The molecule has 0 rings (SSSR count). The number of likely N-dealkylation sites (N-methyl/N-ethyl adjacent to an activating group) is 1. The van der Waals surface area contributed by atoms with Gasteiger partial charge in [0.05, 0.1) is 34.4 Å². The smallest absolute Gasteiger partial charge is 0.361 e. The van der Waals surface area contributed by atoms with Crippen molar-refractivity contribution < 1.29 is 42.9 Å². The molecule has 0 aromatic heterocycles. The van der Waals surface area contributed by atoms with Gasteiger partial charge in [-0.05, 0) is 70.6 Å². The van der Waals surface area contributed by atoms with Crippen LogP contribution in [0.4, 0.5) is 0 Å². The first-order valence-corrected chi connectivity index (χ1v) is 31.3. The maximum atomic E-state index is 12.9. The van der Waals surface area contributed by atoms with E-state index in [4.69, 9.17) is 18.9 Å². The van der Waals surface area contributed by atoms with Gasteiger partial charge in [-0.25, -0.2) is 4.79 Å². The Hall–Kier alpha value is -3.53. The van der Waals surface area contributed by atoms with Crippen molar-refractivity contribution in [3.8, 4) is 0 Å². The highest BCUT2D eigenvalue weighted by Crippen LogP contribution is 2.17. The second kappa shape index (κ2) is 57.6. The van der Waals surface area contributed by atoms with Gasteiger partial charge in [0.1, 0.15) is 13.2 Å². The molecule has 2 atom stereocenters. The number of rotatable bonds is 57. The van der Waals surface area contributed by atoms with Crippen LogP contribution in [0.25, 0.3) is 0 Å². The number of allylic oxidation sites excluding steroid dienone is 14. The SMILES string of the molecule is CC/C=C\C/C=C\C/C=C\C/C=C\C/C=C\C/C=C\C/C=C\CCCCCCCCCCCCCCCCCCCC(=O)OC(COC(=O)CCCCCCCCCCCCCC)COC(OCC[N+](C)(C)C)C(=O)O. The Bertz CT molecular complexity index is 1520. The first-order valence-electron chi connectivity index (χ1n) is 31.3. The van der Waals surface area contributed by atoms with E-state index in [0.717, 1.165) is 83.5 Å². The van der Waals surface area contributed by atoms with Gasteiger partial charge < -0.3 is 28.5 Å². The van der Waals surface area contributed by atoms with Gasteiger partial charge in [-0.3, -0.25) is 9.59 Å². The zero-order valence-electron chi connectivity index (χ0n) is 49.9. The average molecular weight is 1070 g/mol. The van der Waals surface area contributed by atoms with Gasteiger partial charge in [-0.1, -0.05) is 266 Å². The van der Waals surface area contributed by atoms with Gasteiger partial charge in [0.25, 0.3) is 6.29 Å². The summed E-state index contributed by atoms with van der Waals surface area (Å²) in [4.78, 5) is 37.3. The van der Waals surface area contributed by atoms with Crippen LogP contribution in [-0.2, 0) is 33.3 Å². The summed E-state index contributed by atoms with van der Waals surface area (Å²) in [7, 11) is 5.97. The van der Waals surface area contributed by atoms with Gasteiger partial charge in [0.2, 0.25) is 0 Å². The van der Waals surface area contributed by atoms with Gasteiger partial charge in [-0.2, -0.15) is 0 Å². The Morgan fingerprint density at radius 2 is 0.750 bits per heavy atom. The summed E-state index contributed by atoms with van der Waals surface area (Å²) in [5.74, 6) is -2.00. The summed E-state index contributed by atoms with van der Waals surface area (Å²) in [6.45, 7) is 4.77. The van der Waals surface area contributed by atoms with Crippen molar-refractivity contribution in [1.29, 1.82) is 0 Å². The second-order valence-corrected chi connectivity index (χ2v) is 22.0. The van der Waals surface area contributed by atoms with Crippen molar-refractivity contribution in [3.05, 3.63) is 85.1 Å². The van der Waals surface area contributed by atoms with Crippen LogP contribution in [0.15, 0.2) is 85.1 Å². The number of hydrogen-bond acceptors (Lipinski definition) is 7. The van der Waals surface area contributed by atoms with Crippen molar-refractivity contribution in [1.82, 2.24) is 0 Å². The predicted molar refractivity (Wildman–Crippen MR) is 322 cm³/mol. The molecule has 0 aliphatic heterocycles. The third-order valence-electron chi connectivity index (χ3n) is 13.4. The molecule has 0 radical (unpaired) electrons. The summed E-state index contributed by atoms with van der Waals surface area (Å²) in [6.07, 6.45) is 74.0. The summed E-state index contributed by atoms with van der Waals surface area (Å²) in [5.41, 5.74) is 0. The van der Waals surface area contributed by atoms with Crippen molar-refractivity contribution in [2.24, 2.45) is 0 Å². The number of carboxylic acid groups (broad SMARTS) is 1. The lowest BCUT2D eigenvalue weighted by atomic mass is 10.0. The summed E-state index contributed by atoms with van der Waals surface area (Å²) in [5, 5.41) is 9.69. The molecular formula is C67H118NO8+. The Labute approximate surface area is 468 Å². The lowest BCUT2D eigenvalue weighted by Crippen LogP contribution is -2.40. The number of hydrogen-bond donors (Lipinski definition) is 1. The zero-order valence-corrected chi connectivity index (χ0v) is 49.9. The maximum Gasteiger partial charge on any atom is 0.361 e. The average Bonchev–Trinajstić information content (AvgIpc) is 3.39. The van der Waals surface area contributed by atoms with E-state index in [9.17, 15) is 19.5 Å². The quantitative estimate of drug-likeness (QED) is 0.0211. The van der Waals surface area contributed by atoms with Crippen LogP contribution in [-0.4, -0.2) is 87.4 Å². The molecule has 0 aliphatic carbocycles. The number of quaternary nitrogens is 1. The van der Waals surface area contributed by atoms with Crippen molar-refractivity contribution in [2.75, 3.05) is 47.5 Å². The lowest BCUT2D eigenvalue weighted by molar-refractivity contribution is -0.870. The number of unbranched alkanes of at least 4 members (excludes halogenated alkanes) is 28. The molecule has 9 heteroatoms. The molecule has 2 unspecified atom stereocenters. The monoisotopic (exact) mass is 1060 g/mol. The molecule has 0 amide bonds. The molecule has 76 heavy (non-hydrogen) atoms. The molecule has 0 saturated carbocycles. The highest BCUT2D eigenvalue weighted by molar-refractivity contribution is 5.71. The lowest BCUT2D eigenvalue weighted by Gasteiger charge is -2.25. The zero-order chi connectivity index (χ0) is 55.5. The molecule has 438 valence electrons. The summed E-state index contributed by atoms with van der Waals surface area (Å²) in [6, 6.07) is 0. The number of carbonyl (C=O) groups is 3. The topological polar surface area (TPSA) is 108 Å².